The number of ketones is 1. The summed E-state index contributed by atoms with van der Waals surface area (Å²) in [6.07, 6.45) is 1.85. The van der Waals surface area contributed by atoms with E-state index in [9.17, 15) is 4.79 Å². The summed E-state index contributed by atoms with van der Waals surface area (Å²) < 4.78 is 10.5. The van der Waals surface area contributed by atoms with Crippen molar-refractivity contribution in [3.8, 4) is 11.5 Å². The van der Waals surface area contributed by atoms with Crippen molar-refractivity contribution in [2.45, 2.75) is 18.8 Å². The van der Waals surface area contributed by atoms with E-state index in [4.69, 9.17) is 9.47 Å². The molecular formula is C18H18O3. The van der Waals surface area contributed by atoms with Gasteiger partial charge in [0, 0.05) is 11.5 Å². The van der Waals surface area contributed by atoms with Gasteiger partial charge in [-0.1, -0.05) is 24.3 Å². The fraction of sp³-hybridized carbons (Fsp3) is 0.278. The van der Waals surface area contributed by atoms with E-state index in [1.807, 2.05) is 18.2 Å². The third kappa shape index (κ3) is 2.40. The average molecular weight is 282 g/mol. The summed E-state index contributed by atoms with van der Waals surface area (Å²) in [4.78, 5) is 12.8. The highest BCUT2D eigenvalue weighted by atomic mass is 16.5. The Hall–Kier alpha value is -2.29. The van der Waals surface area contributed by atoms with Crippen molar-refractivity contribution in [3.63, 3.8) is 0 Å². The van der Waals surface area contributed by atoms with Crippen LogP contribution in [-0.4, -0.2) is 20.0 Å². The molecule has 0 amide bonds. The molecule has 108 valence electrons. The first-order chi connectivity index (χ1) is 10.2. The van der Waals surface area contributed by atoms with Crippen LogP contribution in [0.5, 0.6) is 11.5 Å². The molecule has 0 heterocycles. The average Bonchev–Trinajstić information content (AvgIpc) is 2.97. The lowest BCUT2D eigenvalue weighted by Crippen LogP contribution is -2.10. The second kappa shape index (κ2) is 5.60. The molecule has 1 atom stereocenters. The maximum Gasteiger partial charge on any atom is 0.170 e. The van der Waals surface area contributed by atoms with E-state index in [2.05, 4.69) is 12.1 Å². The van der Waals surface area contributed by atoms with Crippen molar-refractivity contribution in [1.82, 2.24) is 0 Å². The minimum atomic E-state index is -0.0423. The first-order valence-electron chi connectivity index (χ1n) is 7.08. The predicted octanol–water partition coefficient (Wildman–Crippen LogP) is 3.62. The number of methoxy groups -OCH3 is 2. The summed E-state index contributed by atoms with van der Waals surface area (Å²) >= 11 is 0. The summed E-state index contributed by atoms with van der Waals surface area (Å²) in [5.41, 5.74) is 3.13. The van der Waals surface area contributed by atoms with Gasteiger partial charge in [-0.25, -0.2) is 0 Å². The van der Waals surface area contributed by atoms with Crippen LogP contribution in [0.3, 0.4) is 0 Å². The Bertz CT molecular complexity index is 676. The second-order valence-electron chi connectivity index (χ2n) is 5.22. The summed E-state index contributed by atoms with van der Waals surface area (Å²) in [5.74, 6) is 1.34. The zero-order valence-corrected chi connectivity index (χ0v) is 12.3. The number of rotatable bonds is 4. The van der Waals surface area contributed by atoms with Crippen LogP contribution < -0.4 is 9.47 Å². The highest BCUT2D eigenvalue weighted by Gasteiger charge is 2.29. The van der Waals surface area contributed by atoms with Gasteiger partial charge in [-0.05, 0) is 42.2 Å². The molecule has 3 rings (SSSR count). The normalized spacial score (nSPS) is 16.4. The molecule has 3 heteroatoms. The number of ether oxygens (including phenoxy) is 2. The Balaban J connectivity index is 1.93. The van der Waals surface area contributed by atoms with Gasteiger partial charge in [0.05, 0.1) is 14.2 Å². The number of carbonyl (C=O) groups is 1. The van der Waals surface area contributed by atoms with Gasteiger partial charge in [0.25, 0.3) is 0 Å². The Morgan fingerprint density at radius 2 is 1.81 bits per heavy atom. The van der Waals surface area contributed by atoms with Crippen LogP contribution in [0.25, 0.3) is 0 Å². The molecule has 0 bridgehead atoms. The molecule has 0 spiro atoms. The van der Waals surface area contributed by atoms with Crippen LogP contribution in [0, 0.1) is 0 Å². The minimum Gasteiger partial charge on any atom is -0.493 e. The van der Waals surface area contributed by atoms with Gasteiger partial charge in [-0.3, -0.25) is 4.79 Å². The molecule has 2 aromatic carbocycles. The molecule has 1 aliphatic carbocycles. The predicted molar refractivity (Wildman–Crippen MR) is 81.4 cm³/mol. The largest absolute Gasteiger partial charge is 0.493 e. The number of hydrogen-bond donors (Lipinski definition) is 0. The Labute approximate surface area is 124 Å². The van der Waals surface area contributed by atoms with E-state index in [1.165, 1.54) is 5.56 Å². The summed E-state index contributed by atoms with van der Waals surface area (Å²) in [6.45, 7) is 0. The van der Waals surface area contributed by atoms with Crippen LogP contribution in [-0.2, 0) is 6.42 Å². The third-order valence-electron chi connectivity index (χ3n) is 4.12. The molecule has 0 aliphatic heterocycles. The van der Waals surface area contributed by atoms with E-state index >= 15 is 0 Å². The van der Waals surface area contributed by atoms with Gasteiger partial charge in [-0.15, -0.1) is 0 Å². The molecular weight excluding hydrogens is 264 g/mol. The molecule has 1 unspecified atom stereocenters. The number of fused-ring (bicyclic) bond motifs is 1. The lowest BCUT2D eigenvalue weighted by molar-refractivity contribution is 0.0959. The van der Waals surface area contributed by atoms with Crippen LogP contribution in [0.4, 0.5) is 0 Å². The molecule has 3 nitrogen and oxygen atoms in total. The quantitative estimate of drug-likeness (QED) is 0.803. The van der Waals surface area contributed by atoms with Crippen molar-refractivity contribution < 1.29 is 14.3 Å². The zero-order valence-electron chi connectivity index (χ0n) is 12.3. The van der Waals surface area contributed by atoms with Crippen molar-refractivity contribution in [3.05, 3.63) is 59.2 Å². The van der Waals surface area contributed by atoms with Crippen LogP contribution >= 0.6 is 0 Å². The third-order valence-corrected chi connectivity index (χ3v) is 4.12. The lowest BCUT2D eigenvalue weighted by Gasteiger charge is -2.13. The topological polar surface area (TPSA) is 35.5 Å². The summed E-state index contributed by atoms with van der Waals surface area (Å²) in [6, 6.07) is 13.6. The molecule has 0 N–H and O–H groups in total. The monoisotopic (exact) mass is 282 g/mol. The highest BCUT2D eigenvalue weighted by molar-refractivity contribution is 6.02. The molecule has 0 saturated carbocycles. The SMILES string of the molecule is COc1ccc(C(=O)C2CCc3ccccc32)cc1OC. The van der Waals surface area contributed by atoms with E-state index in [0.717, 1.165) is 18.4 Å². The smallest absolute Gasteiger partial charge is 0.170 e. The number of hydrogen-bond acceptors (Lipinski definition) is 3. The van der Waals surface area contributed by atoms with Crippen molar-refractivity contribution in [1.29, 1.82) is 0 Å². The molecule has 0 saturated heterocycles. The van der Waals surface area contributed by atoms with Crippen molar-refractivity contribution in [2.75, 3.05) is 14.2 Å². The number of Topliss-reactive ketones (excluding diaryl/α,β-unsaturated/α-hetero) is 1. The van der Waals surface area contributed by atoms with Crippen LogP contribution in [0.15, 0.2) is 42.5 Å². The van der Waals surface area contributed by atoms with E-state index < -0.39 is 0 Å². The maximum absolute atomic E-state index is 12.8. The molecule has 0 aromatic heterocycles. The molecule has 2 aromatic rings. The standard InChI is InChI=1S/C18H18O3/c1-20-16-10-8-13(11-17(16)21-2)18(19)15-9-7-12-5-3-4-6-14(12)15/h3-6,8,10-11,15H,7,9H2,1-2H3. The number of carbonyl (C=O) groups excluding carboxylic acids is 1. The minimum absolute atomic E-state index is 0.0423. The van der Waals surface area contributed by atoms with Crippen LogP contribution in [0.1, 0.15) is 33.8 Å². The maximum atomic E-state index is 12.8. The van der Waals surface area contributed by atoms with E-state index in [-0.39, 0.29) is 11.7 Å². The summed E-state index contributed by atoms with van der Waals surface area (Å²) in [5, 5.41) is 0. The van der Waals surface area contributed by atoms with Gasteiger partial charge in [0.1, 0.15) is 0 Å². The van der Waals surface area contributed by atoms with Crippen molar-refractivity contribution in [2.24, 2.45) is 0 Å². The van der Waals surface area contributed by atoms with Gasteiger partial charge < -0.3 is 9.47 Å². The van der Waals surface area contributed by atoms with Gasteiger partial charge in [-0.2, -0.15) is 0 Å². The van der Waals surface area contributed by atoms with Gasteiger partial charge in [0.2, 0.25) is 0 Å². The second-order valence-corrected chi connectivity index (χ2v) is 5.22. The molecule has 0 fully saturated rings. The lowest BCUT2D eigenvalue weighted by atomic mass is 9.92. The van der Waals surface area contributed by atoms with E-state index in [1.54, 1.807) is 26.4 Å². The Morgan fingerprint density at radius 3 is 2.57 bits per heavy atom. The molecule has 1 aliphatic rings. The Kier molecular flexibility index (Phi) is 3.65. The highest BCUT2D eigenvalue weighted by Crippen LogP contribution is 2.37. The number of benzene rings is 2. The Morgan fingerprint density at radius 1 is 1.05 bits per heavy atom. The molecule has 21 heavy (non-hydrogen) atoms. The number of aryl methyl sites for hydroxylation is 1. The van der Waals surface area contributed by atoms with Gasteiger partial charge in [0.15, 0.2) is 17.3 Å². The zero-order chi connectivity index (χ0) is 14.8. The molecule has 0 radical (unpaired) electrons. The van der Waals surface area contributed by atoms with Crippen LogP contribution in [0.2, 0.25) is 0 Å². The van der Waals surface area contributed by atoms with Crippen molar-refractivity contribution >= 4 is 5.78 Å². The van der Waals surface area contributed by atoms with Gasteiger partial charge >= 0.3 is 0 Å². The first kappa shape index (κ1) is 13.7. The first-order valence-corrected chi connectivity index (χ1v) is 7.08. The fourth-order valence-electron chi connectivity index (χ4n) is 3.02. The fourth-order valence-corrected chi connectivity index (χ4v) is 3.02. The van der Waals surface area contributed by atoms with E-state index in [0.29, 0.717) is 17.1 Å². The summed E-state index contributed by atoms with van der Waals surface area (Å²) in [7, 11) is 3.17.